The van der Waals surface area contributed by atoms with Crippen molar-refractivity contribution in [2.75, 3.05) is 38.3 Å². The van der Waals surface area contributed by atoms with Gasteiger partial charge in [0.25, 0.3) is 0 Å². The maximum Gasteiger partial charge on any atom is 0.191 e. The molecule has 26 heavy (non-hydrogen) atoms. The van der Waals surface area contributed by atoms with Crippen LogP contribution in [0.3, 0.4) is 0 Å². The molecule has 1 aliphatic heterocycles. The number of guanidine groups is 1. The molecule has 1 aromatic carbocycles. The van der Waals surface area contributed by atoms with E-state index in [0.717, 1.165) is 45.4 Å². The number of aliphatic imine (C=N–C) groups is 1. The molecule has 0 amide bonds. The molecule has 0 radical (unpaired) electrons. The second-order valence-corrected chi connectivity index (χ2v) is 7.43. The first-order valence-electron chi connectivity index (χ1n) is 8.66. The van der Waals surface area contributed by atoms with E-state index in [1.807, 2.05) is 11.3 Å². The van der Waals surface area contributed by atoms with Gasteiger partial charge in [-0.2, -0.15) is 0 Å². The van der Waals surface area contributed by atoms with Crippen molar-refractivity contribution < 1.29 is 4.74 Å². The van der Waals surface area contributed by atoms with Crippen molar-refractivity contribution in [3.8, 4) is 0 Å². The fourth-order valence-electron chi connectivity index (χ4n) is 2.80. The van der Waals surface area contributed by atoms with E-state index in [2.05, 4.69) is 63.8 Å². The zero-order chi connectivity index (χ0) is 17.5. The Morgan fingerprint density at radius 2 is 1.77 bits per heavy atom. The fraction of sp³-hybridized carbons (Fsp3) is 0.421. The number of aryl methyl sites for hydroxylation is 1. The van der Waals surface area contributed by atoms with E-state index in [9.17, 15) is 0 Å². The van der Waals surface area contributed by atoms with Gasteiger partial charge in [-0.05, 0) is 36.8 Å². The summed E-state index contributed by atoms with van der Waals surface area (Å²) in [4.78, 5) is 9.31. The molecule has 7 heteroatoms. The molecule has 0 unspecified atom stereocenters. The van der Waals surface area contributed by atoms with Crippen LogP contribution in [0.1, 0.15) is 15.3 Å². The van der Waals surface area contributed by atoms with E-state index in [4.69, 9.17) is 4.74 Å². The number of halogens is 1. The van der Waals surface area contributed by atoms with E-state index in [-0.39, 0.29) is 24.0 Å². The Bertz CT molecular complexity index is 696. The summed E-state index contributed by atoms with van der Waals surface area (Å²) in [6.45, 7) is 7.25. The molecule has 2 heterocycles. The number of hydrogen-bond acceptors (Lipinski definition) is 4. The Balaban J connectivity index is 0.00000243. The molecule has 3 rings (SSSR count). The number of ether oxygens (including phenoxy) is 1. The number of nitrogens with one attached hydrogen (secondary N) is 2. The largest absolute Gasteiger partial charge is 0.378 e. The Labute approximate surface area is 176 Å². The molecular formula is C19H27IN4OS. The van der Waals surface area contributed by atoms with Crippen LogP contribution in [0.2, 0.25) is 0 Å². The van der Waals surface area contributed by atoms with Gasteiger partial charge in [0.2, 0.25) is 0 Å². The highest BCUT2D eigenvalue weighted by Gasteiger charge is 2.10. The molecule has 1 aromatic heterocycles. The fourth-order valence-corrected chi connectivity index (χ4v) is 3.63. The molecule has 142 valence electrons. The van der Waals surface area contributed by atoms with E-state index < -0.39 is 0 Å². The topological polar surface area (TPSA) is 48.9 Å². The zero-order valence-corrected chi connectivity index (χ0v) is 18.5. The number of anilines is 1. The summed E-state index contributed by atoms with van der Waals surface area (Å²) in [7, 11) is 1.80. The molecule has 0 atom stereocenters. The third-order valence-electron chi connectivity index (χ3n) is 4.22. The van der Waals surface area contributed by atoms with Crippen molar-refractivity contribution in [1.29, 1.82) is 0 Å². The average Bonchev–Trinajstić information content (AvgIpc) is 3.08. The summed E-state index contributed by atoms with van der Waals surface area (Å²) in [6, 6.07) is 13.0. The van der Waals surface area contributed by atoms with E-state index in [1.54, 1.807) is 7.05 Å². The van der Waals surface area contributed by atoms with Crippen molar-refractivity contribution in [3.63, 3.8) is 0 Å². The smallest absolute Gasteiger partial charge is 0.191 e. The van der Waals surface area contributed by atoms with Crippen molar-refractivity contribution in [3.05, 3.63) is 51.7 Å². The monoisotopic (exact) mass is 486 g/mol. The van der Waals surface area contributed by atoms with Crippen LogP contribution in [0.25, 0.3) is 0 Å². The first kappa shape index (κ1) is 21.0. The number of hydrogen-bond donors (Lipinski definition) is 2. The maximum absolute atomic E-state index is 5.41. The lowest BCUT2D eigenvalue weighted by Gasteiger charge is -2.28. The van der Waals surface area contributed by atoms with Crippen molar-refractivity contribution in [2.45, 2.75) is 20.0 Å². The van der Waals surface area contributed by atoms with Gasteiger partial charge >= 0.3 is 0 Å². The van der Waals surface area contributed by atoms with Gasteiger partial charge in [-0.15, -0.1) is 35.3 Å². The van der Waals surface area contributed by atoms with Crippen LogP contribution in [0, 0.1) is 6.92 Å². The van der Waals surface area contributed by atoms with E-state index >= 15 is 0 Å². The highest BCUT2D eigenvalue weighted by atomic mass is 127. The number of benzene rings is 1. The summed E-state index contributed by atoms with van der Waals surface area (Å²) in [5.74, 6) is 0.823. The molecule has 1 fully saturated rings. The number of thiophene rings is 1. The summed E-state index contributed by atoms with van der Waals surface area (Å²) < 4.78 is 5.41. The Morgan fingerprint density at radius 3 is 2.38 bits per heavy atom. The highest BCUT2D eigenvalue weighted by molar-refractivity contribution is 14.0. The summed E-state index contributed by atoms with van der Waals surface area (Å²) in [5.41, 5.74) is 2.51. The van der Waals surface area contributed by atoms with E-state index in [0.29, 0.717) is 0 Å². The van der Waals surface area contributed by atoms with Crippen molar-refractivity contribution >= 4 is 47.0 Å². The van der Waals surface area contributed by atoms with Gasteiger partial charge in [0.15, 0.2) is 5.96 Å². The quantitative estimate of drug-likeness (QED) is 0.387. The molecule has 1 saturated heterocycles. The van der Waals surface area contributed by atoms with Gasteiger partial charge in [0.05, 0.1) is 19.8 Å². The molecule has 2 N–H and O–H groups in total. The molecule has 1 aliphatic rings. The third-order valence-corrected chi connectivity index (χ3v) is 5.22. The highest BCUT2D eigenvalue weighted by Crippen LogP contribution is 2.17. The standard InChI is InChI=1S/C19H26N4OS.HI/c1-15-3-8-18(25-15)14-22-19(20-2)21-13-16-4-6-17(7-5-16)23-9-11-24-12-10-23;/h3-8H,9-14H2,1-2H3,(H2,20,21,22);1H. The average molecular weight is 486 g/mol. The first-order chi connectivity index (χ1) is 12.2. The zero-order valence-electron chi connectivity index (χ0n) is 15.3. The minimum absolute atomic E-state index is 0. The Kier molecular flexibility index (Phi) is 8.67. The Morgan fingerprint density at radius 1 is 1.08 bits per heavy atom. The summed E-state index contributed by atoms with van der Waals surface area (Å²) >= 11 is 1.81. The predicted molar refractivity (Wildman–Crippen MR) is 121 cm³/mol. The second-order valence-electron chi connectivity index (χ2n) is 6.06. The van der Waals surface area contributed by atoms with Crippen LogP contribution in [0.15, 0.2) is 41.4 Å². The van der Waals surface area contributed by atoms with Gasteiger partial charge in [-0.1, -0.05) is 12.1 Å². The lowest BCUT2D eigenvalue weighted by Crippen LogP contribution is -2.36. The van der Waals surface area contributed by atoms with E-state index in [1.165, 1.54) is 21.0 Å². The molecular weight excluding hydrogens is 459 g/mol. The predicted octanol–water partition coefficient (Wildman–Crippen LogP) is 3.38. The number of morpholine rings is 1. The van der Waals surface area contributed by atoms with Crippen LogP contribution in [-0.4, -0.2) is 39.3 Å². The van der Waals surface area contributed by atoms with Gasteiger partial charge < -0.3 is 20.3 Å². The molecule has 0 aliphatic carbocycles. The van der Waals surface area contributed by atoms with Gasteiger partial charge in [-0.25, -0.2) is 0 Å². The molecule has 0 saturated carbocycles. The van der Waals surface area contributed by atoms with Crippen LogP contribution >= 0.6 is 35.3 Å². The lowest BCUT2D eigenvalue weighted by atomic mass is 10.2. The minimum Gasteiger partial charge on any atom is -0.378 e. The molecule has 5 nitrogen and oxygen atoms in total. The molecule has 0 spiro atoms. The maximum atomic E-state index is 5.41. The van der Waals surface area contributed by atoms with Crippen molar-refractivity contribution in [1.82, 2.24) is 10.6 Å². The number of nitrogens with zero attached hydrogens (tertiary/aromatic N) is 2. The van der Waals surface area contributed by atoms with Gasteiger partial charge in [-0.3, -0.25) is 4.99 Å². The SMILES string of the molecule is CN=C(NCc1ccc(N2CCOCC2)cc1)NCc1ccc(C)s1.I. The normalized spacial score (nSPS) is 14.7. The molecule has 2 aromatic rings. The number of rotatable bonds is 5. The first-order valence-corrected chi connectivity index (χ1v) is 9.48. The minimum atomic E-state index is 0. The second kappa shape index (κ2) is 10.7. The molecule has 0 bridgehead atoms. The van der Waals surface area contributed by atoms with Crippen LogP contribution in [-0.2, 0) is 17.8 Å². The summed E-state index contributed by atoms with van der Waals surface area (Å²) in [6.07, 6.45) is 0. The van der Waals surface area contributed by atoms with Gasteiger partial charge in [0, 0.05) is 42.1 Å². The summed E-state index contributed by atoms with van der Waals surface area (Å²) in [5, 5.41) is 6.73. The van der Waals surface area contributed by atoms with Crippen molar-refractivity contribution in [2.24, 2.45) is 4.99 Å². The van der Waals surface area contributed by atoms with Crippen LogP contribution in [0.5, 0.6) is 0 Å². The van der Waals surface area contributed by atoms with Crippen LogP contribution in [0.4, 0.5) is 5.69 Å². The lowest BCUT2D eigenvalue weighted by molar-refractivity contribution is 0.122. The van der Waals surface area contributed by atoms with Gasteiger partial charge in [0.1, 0.15) is 0 Å². The third kappa shape index (κ3) is 6.14. The van der Waals surface area contributed by atoms with Crippen LogP contribution < -0.4 is 15.5 Å². The Hall–Kier alpha value is -1.32.